The Balaban J connectivity index is 1.46. The number of aliphatic hydroxyl groups is 1. The first kappa shape index (κ1) is 25.5. The Hall–Kier alpha value is -4.54. The fraction of sp³-hybridized carbons (Fsp3) is 0.292. The standard InChI is InChI=1S/C24H22N5O8/c1-15(30)35-14-36-23(33)28-22-18-7-8-19(29(18)27-13-26-22)24(12-25)20(31)10-17(37-24)11-34-21(32)9-16-5-3-2-4-6-16/h2-8,10,13,17,20,31H,9,11,14H2,1H3,(H,26,27,28,33)/t17-,20-,24+/m1/s1. The maximum Gasteiger partial charge on any atom is 0.415 e. The molecule has 1 aliphatic rings. The van der Waals surface area contributed by atoms with E-state index >= 15 is 0 Å². The molecule has 3 atom stereocenters. The van der Waals surface area contributed by atoms with Gasteiger partial charge in [-0.3, -0.25) is 14.9 Å². The van der Waals surface area contributed by atoms with Crippen molar-refractivity contribution in [3.05, 3.63) is 66.5 Å². The molecule has 1 aliphatic heterocycles. The summed E-state index contributed by atoms with van der Waals surface area (Å²) in [7, 11) is 0. The maximum absolute atomic E-state index is 12.2. The van der Waals surface area contributed by atoms with Gasteiger partial charge in [0.2, 0.25) is 12.4 Å². The fourth-order valence-corrected chi connectivity index (χ4v) is 3.74. The van der Waals surface area contributed by atoms with E-state index in [1.807, 2.05) is 24.3 Å². The monoisotopic (exact) mass is 508 g/mol. The van der Waals surface area contributed by atoms with Gasteiger partial charge in [-0.1, -0.05) is 30.3 Å². The van der Waals surface area contributed by atoms with Gasteiger partial charge >= 0.3 is 18.0 Å². The summed E-state index contributed by atoms with van der Waals surface area (Å²) in [6.45, 7) is 0.379. The molecule has 0 aliphatic carbocycles. The van der Waals surface area contributed by atoms with Crippen LogP contribution in [0, 0.1) is 17.8 Å². The van der Waals surface area contributed by atoms with Crippen molar-refractivity contribution in [1.29, 1.82) is 5.26 Å². The van der Waals surface area contributed by atoms with Crippen LogP contribution in [0.25, 0.3) is 5.52 Å². The number of hydrogen-bond acceptors (Lipinski definition) is 11. The first-order valence-electron chi connectivity index (χ1n) is 11.0. The highest BCUT2D eigenvalue weighted by Crippen LogP contribution is 2.39. The normalized spacial score (nSPS) is 20.7. The second-order valence-electron chi connectivity index (χ2n) is 7.92. The van der Waals surface area contributed by atoms with Crippen LogP contribution in [0.5, 0.6) is 0 Å². The van der Waals surface area contributed by atoms with E-state index in [4.69, 9.17) is 14.2 Å². The molecule has 0 unspecified atom stereocenters. The zero-order valence-electron chi connectivity index (χ0n) is 19.6. The van der Waals surface area contributed by atoms with Crippen molar-refractivity contribution in [3.8, 4) is 6.07 Å². The number of anilines is 1. The van der Waals surface area contributed by atoms with Crippen molar-refractivity contribution < 1.29 is 38.4 Å². The lowest BCUT2D eigenvalue weighted by molar-refractivity contribution is -0.149. The summed E-state index contributed by atoms with van der Waals surface area (Å²) in [5.41, 5.74) is -0.658. The van der Waals surface area contributed by atoms with Gasteiger partial charge in [0.15, 0.2) is 5.82 Å². The molecule has 13 nitrogen and oxygen atoms in total. The van der Waals surface area contributed by atoms with Crippen molar-refractivity contribution in [1.82, 2.24) is 14.6 Å². The smallest absolute Gasteiger partial charge is 0.415 e. The molecule has 37 heavy (non-hydrogen) atoms. The van der Waals surface area contributed by atoms with E-state index in [-0.39, 0.29) is 30.1 Å². The van der Waals surface area contributed by atoms with E-state index in [1.165, 1.54) is 30.0 Å². The van der Waals surface area contributed by atoms with Crippen LogP contribution in [0.1, 0.15) is 18.2 Å². The quantitative estimate of drug-likeness (QED) is 0.331. The number of amides is 1. The van der Waals surface area contributed by atoms with Gasteiger partial charge in [-0.05, 0) is 17.7 Å². The second kappa shape index (κ2) is 11.0. The zero-order valence-corrected chi connectivity index (χ0v) is 19.6. The lowest BCUT2D eigenvalue weighted by Gasteiger charge is -2.24. The molecule has 1 radical (unpaired) electrons. The van der Waals surface area contributed by atoms with Crippen LogP contribution < -0.4 is 5.32 Å². The van der Waals surface area contributed by atoms with Gasteiger partial charge < -0.3 is 24.1 Å². The molecule has 2 aromatic heterocycles. The Labute approximate surface area is 210 Å². The first-order chi connectivity index (χ1) is 17.8. The van der Waals surface area contributed by atoms with Crippen LogP contribution in [0.4, 0.5) is 10.6 Å². The molecule has 4 rings (SSSR count). The molecule has 1 saturated heterocycles. The van der Waals surface area contributed by atoms with Crippen molar-refractivity contribution in [3.63, 3.8) is 0 Å². The molecule has 0 bridgehead atoms. The minimum absolute atomic E-state index is 0.0324. The number of ether oxygens (including phenoxy) is 4. The molecule has 1 aromatic carbocycles. The summed E-state index contributed by atoms with van der Waals surface area (Å²) >= 11 is 0. The van der Waals surface area contributed by atoms with Gasteiger partial charge in [-0.25, -0.2) is 14.3 Å². The SMILES string of the molecule is CC(=O)OCOC(=O)Nc1ncnn2c([C@]3(C#N)O[C@@H](COC(=O)Cc4ccccc4)[CH][C@H]3O)ccc12. The van der Waals surface area contributed by atoms with Crippen molar-refractivity contribution >= 4 is 29.4 Å². The number of carbonyl (C=O) groups is 3. The summed E-state index contributed by atoms with van der Waals surface area (Å²) in [6.07, 6.45) is -0.632. The van der Waals surface area contributed by atoms with Crippen molar-refractivity contribution in [2.24, 2.45) is 0 Å². The third-order valence-electron chi connectivity index (χ3n) is 5.42. The van der Waals surface area contributed by atoms with E-state index in [2.05, 4.69) is 20.1 Å². The predicted molar refractivity (Wildman–Crippen MR) is 123 cm³/mol. The van der Waals surface area contributed by atoms with E-state index in [9.17, 15) is 24.8 Å². The van der Waals surface area contributed by atoms with Crippen LogP contribution in [0.15, 0.2) is 48.8 Å². The molecule has 13 heteroatoms. The topological polar surface area (TPSA) is 174 Å². The van der Waals surface area contributed by atoms with E-state index < -0.39 is 42.6 Å². The number of nitriles is 1. The fourth-order valence-electron chi connectivity index (χ4n) is 3.74. The van der Waals surface area contributed by atoms with E-state index in [0.717, 1.165) is 11.9 Å². The van der Waals surface area contributed by atoms with Crippen LogP contribution in [0.2, 0.25) is 0 Å². The minimum Gasteiger partial charge on any atom is -0.463 e. The molecule has 0 saturated carbocycles. The lowest BCUT2D eigenvalue weighted by atomic mass is 9.94. The first-order valence-corrected chi connectivity index (χ1v) is 11.0. The summed E-state index contributed by atoms with van der Waals surface area (Å²) in [5, 5.41) is 27.3. The van der Waals surface area contributed by atoms with Crippen LogP contribution in [0.3, 0.4) is 0 Å². The third-order valence-corrected chi connectivity index (χ3v) is 5.42. The number of aromatic nitrogens is 3. The summed E-state index contributed by atoms with van der Waals surface area (Å²) in [5.74, 6) is -1.07. The van der Waals surface area contributed by atoms with Crippen LogP contribution in [-0.4, -0.2) is 63.3 Å². The highest BCUT2D eigenvalue weighted by atomic mass is 16.7. The highest BCUT2D eigenvalue weighted by Gasteiger charge is 2.52. The third kappa shape index (κ3) is 5.66. The average molecular weight is 508 g/mol. The van der Waals surface area contributed by atoms with Crippen molar-refractivity contribution in [2.75, 3.05) is 18.7 Å². The molecule has 3 heterocycles. The van der Waals surface area contributed by atoms with Gasteiger partial charge in [0.1, 0.15) is 36.7 Å². The van der Waals surface area contributed by atoms with Gasteiger partial charge in [0.25, 0.3) is 0 Å². The number of fused-ring (bicyclic) bond motifs is 1. The zero-order chi connectivity index (χ0) is 26.4. The van der Waals surface area contributed by atoms with Gasteiger partial charge in [0.05, 0.1) is 12.1 Å². The Morgan fingerprint density at radius 1 is 1.19 bits per heavy atom. The molecule has 191 valence electrons. The summed E-state index contributed by atoms with van der Waals surface area (Å²) in [4.78, 5) is 39.0. The molecule has 2 N–H and O–H groups in total. The Morgan fingerprint density at radius 2 is 1.97 bits per heavy atom. The number of rotatable bonds is 8. The number of nitrogens with one attached hydrogen (secondary N) is 1. The highest BCUT2D eigenvalue weighted by molar-refractivity contribution is 5.88. The largest absolute Gasteiger partial charge is 0.463 e. The lowest BCUT2D eigenvalue weighted by Crippen LogP contribution is -2.37. The van der Waals surface area contributed by atoms with Crippen LogP contribution in [-0.2, 0) is 40.6 Å². The van der Waals surface area contributed by atoms with Crippen LogP contribution >= 0.6 is 0 Å². The van der Waals surface area contributed by atoms with Crippen molar-refractivity contribution in [2.45, 2.75) is 31.2 Å². The molecular formula is C24H22N5O8. The Morgan fingerprint density at radius 3 is 2.70 bits per heavy atom. The molecule has 3 aromatic rings. The number of nitrogens with zero attached hydrogens (tertiary/aromatic N) is 4. The predicted octanol–water partition coefficient (Wildman–Crippen LogP) is 1.27. The maximum atomic E-state index is 12.2. The van der Waals surface area contributed by atoms with Gasteiger partial charge in [-0.2, -0.15) is 10.4 Å². The summed E-state index contributed by atoms with van der Waals surface area (Å²) in [6, 6.07) is 14.1. The molecule has 0 spiro atoms. The summed E-state index contributed by atoms with van der Waals surface area (Å²) < 4.78 is 21.7. The number of hydrogen-bond donors (Lipinski definition) is 2. The average Bonchev–Trinajstić information content (AvgIpc) is 3.45. The Bertz CT molecular complexity index is 1340. The number of esters is 2. The Kier molecular flexibility index (Phi) is 7.61. The second-order valence-corrected chi connectivity index (χ2v) is 7.92. The van der Waals surface area contributed by atoms with E-state index in [1.54, 1.807) is 12.1 Å². The number of carbonyl (C=O) groups excluding carboxylic acids is 3. The number of aliphatic hydroxyl groups excluding tert-OH is 1. The number of benzene rings is 1. The molecule has 1 amide bonds. The van der Waals surface area contributed by atoms with Gasteiger partial charge in [-0.15, -0.1) is 0 Å². The van der Waals surface area contributed by atoms with Gasteiger partial charge in [0, 0.05) is 13.3 Å². The molecular weight excluding hydrogens is 486 g/mol. The van der Waals surface area contributed by atoms with E-state index in [0.29, 0.717) is 0 Å². The molecule has 1 fully saturated rings. The minimum atomic E-state index is -1.87.